The second-order valence-electron chi connectivity index (χ2n) is 10.7. The first kappa shape index (κ1) is 25.6. The van der Waals surface area contributed by atoms with Crippen molar-refractivity contribution >= 4 is 61.8 Å². The SMILES string of the molecule is N=C(N=C(N=Cc1ccccc1)c1ccc2c(c1)oc1cccc(-c3ccccc3)c12)n1c2ccccc2c2ccccc21. The molecule has 6 aromatic carbocycles. The number of amidine groups is 1. The summed E-state index contributed by atoms with van der Waals surface area (Å²) in [6.45, 7) is 0. The van der Waals surface area contributed by atoms with E-state index in [1.165, 1.54) is 0 Å². The summed E-state index contributed by atoms with van der Waals surface area (Å²) in [7, 11) is 0. The second kappa shape index (κ2) is 10.6. The highest BCUT2D eigenvalue weighted by Crippen LogP contribution is 2.37. The Bertz CT molecular complexity index is 2340. The van der Waals surface area contributed by atoms with Gasteiger partial charge in [-0.15, -0.1) is 0 Å². The van der Waals surface area contributed by atoms with E-state index in [4.69, 9.17) is 14.4 Å². The lowest BCUT2D eigenvalue weighted by atomic mass is 9.99. The van der Waals surface area contributed by atoms with Gasteiger partial charge in [0.05, 0.1) is 11.0 Å². The summed E-state index contributed by atoms with van der Waals surface area (Å²) < 4.78 is 8.28. The summed E-state index contributed by atoms with van der Waals surface area (Å²) in [5.74, 6) is 0.505. The Morgan fingerprint density at radius 1 is 0.614 bits per heavy atom. The predicted octanol–water partition coefficient (Wildman–Crippen LogP) is 9.71. The summed E-state index contributed by atoms with van der Waals surface area (Å²) in [5.41, 5.74) is 7.38. The first-order chi connectivity index (χ1) is 21.7. The van der Waals surface area contributed by atoms with Gasteiger partial charge in [0.15, 0.2) is 5.84 Å². The van der Waals surface area contributed by atoms with E-state index in [-0.39, 0.29) is 5.96 Å². The Hall–Kier alpha value is -6.07. The molecule has 0 spiro atoms. The number of nitrogens with zero attached hydrogens (tertiary/aromatic N) is 3. The van der Waals surface area contributed by atoms with Crippen molar-refractivity contribution in [2.75, 3.05) is 0 Å². The van der Waals surface area contributed by atoms with E-state index >= 15 is 0 Å². The molecule has 8 rings (SSSR count). The zero-order chi connectivity index (χ0) is 29.5. The Morgan fingerprint density at radius 3 is 2.00 bits per heavy atom. The molecule has 0 unspecified atom stereocenters. The highest BCUT2D eigenvalue weighted by atomic mass is 16.3. The lowest BCUT2D eigenvalue weighted by Crippen LogP contribution is -2.11. The molecule has 1 N–H and O–H groups in total. The van der Waals surface area contributed by atoms with Crippen molar-refractivity contribution in [3.63, 3.8) is 0 Å². The van der Waals surface area contributed by atoms with Gasteiger partial charge in [-0.05, 0) is 47.0 Å². The van der Waals surface area contributed by atoms with Crippen molar-refractivity contribution in [2.24, 2.45) is 9.98 Å². The van der Waals surface area contributed by atoms with Gasteiger partial charge in [0.2, 0.25) is 5.96 Å². The highest BCUT2D eigenvalue weighted by Gasteiger charge is 2.17. The minimum absolute atomic E-state index is 0.0821. The van der Waals surface area contributed by atoms with Crippen molar-refractivity contribution in [3.05, 3.63) is 157 Å². The molecule has 5 nitrogen and oxygen atoms in total. The van der Waals surface area contributed by atoms with Gasteiger partial charge in [-0.25, -0.2) is 4.99 Å². The van der Waals surface area contributed by atoms with E-state index in [1.54, 1.807) is 6.21 Å². The number of hydrogen-bond donors (Lipinski definition) is 1. The fourth-order valence-corrected chi connectivity index (χ4v) is 5.97. The number of nitrogens with one attached hydrogen (secondary N) is 1. The van der Waals surface area contributed by atoms with Crippen LogP contribution in [-0.2, 0) is 0 Å². The predicted molar refractivity (Wildman–Crippen MR) is 182 cm³/mol. The van der Waals surface area contributed by atoms with Crippen LogP contribution in [0, 0.1) is 5.41 Å². The first-order valence-corrected chi connectivity index (χ1v) is 14.5. The third-order valence-electron chi connectivity index (χ3n) is 7.98. The lowest BCUT2D eigenvalue weighted by Gasteiger charge is -2.07. The smallest absolute Gasteiger partial charge is 0.229 e. The third-order valence-corrected chi connectivity index (χ3v) is 7.98. The number of aliphatic imine (C=N–C) groups is 2. The summed E-state index contributed by atoms with van der Waals surface area (Å²) in [6, 6.07) is 48.7. The molecule has 0 amide bonds. The molecule has 0 aliphatic rings. The minimum Gasteiger partial charge on any atom is -0.456 e. The molecular weight excluding hydrogens is 540 g/mol. The van der Waals surface area contributed by atoms with Crippen LogP contribution in [-0.4, -0.2) is 22.6 Å². The summed E-state index contributed by atoms with van der Waals surface area (Å²) in [4.78, 5) is 9.68. The minimum atomic E-state index is 0.0821. The van der Waals surface area contributed by atoms with Crippen LogP contribution < -0.4 is 0 Å². The number of furan rings is 1. The van der Waals surface area contributed by atoms with Gasteiger partial charge in [0, 0.05) is 33.3 Å². The van der Waals surface area contributed by atoms with Crippen LogP contribution in [0.4, 0.5) is 0 Å². The number of hydrogen-bond acceptors (Lipinski definition) is 2. The zero-order valence-corrected chi connectivity index (χ0v) is 23.7. The number of para-hydroxylation sites is 2. The molecule has 0 saturated heterocycles. The number of rotatable bonds is 3. The van der Waals surface area contributed by atoms with Crippen LogP contribution in [0.25, 0.3) is 54.9 Å². The Morgan fingerprint density at radius 2 is 1.27 bits per heavy atom. The molecule has 0 aliphatic heterocycles. The topological polar surface area (TPSA) is 66.6 Å². The molecule has 8 aromatic rings. The largest absolute Gasteiger partial charge is 0.456 e. The van der Waals surface area contributed by atoms with Gasteiger partial charge in [-0.2, -0.15) is 4.99 Å². The molecule has 44 heavy (non-hydrogen) atoms. The molecule has 0 radical (unpaired) electrons. The van der Waals surface area contributed by atoms with Gasteiger partial charge in [-0.1, -0.05) is 115 Å². The van der Waals surface area contributed by atoms with Crippen LogP contribution in [0.15, 0.2) is 160 Å². The summed E-state index contributed by atoms with van der Waals surface area (Å²) in [5, 5.41) is 13.5. The van der Waals surface area contributed by atoms with Crippen molar-refractivity contribution in [1.82, 2.24) is 4.57 Å². The molecular formula is C39H26N4O. The van der Waals surface area contributed by atoms with E-state index in [9.17, 15) is 5.41 Å². The molecule has 0 aliphatic carbocycles. The number of aromatic nitrogens is 1. The van der Waals surface area contributed by atoms with E-state index in [1.807, 2.05) is 114 Å². The van der Waals surface area contributed by atoms with Gasteiger partial charge in [0.25, 0.3) is 0 Å². The fourth-order valence-electron chi connectivity index (χ4n) is 5.97. The summed E-state index contributed by atoms with van der Waals surface area (Å²) in [6.07, 6.45) is 1.79. The maximum Gasteiger partial charge on any atom is 0.229 e. The fraction of sp³-hybridized carbons (Fsp3) is 0. The van der Waals surface area contributed by atoms with Crippen molar-refractivity contribution in [2.45, 2.75) is 0 Å². The number of fused-ring (bicyclic) bond motifs is 6. The second-order valence-corrected chi connectivity index (χ2v) is 10.7. The summed E-state index contributed by atoms with van der Waals surface area (Å²) >= 11 is 0. The van der Waals surface area contributed by atoms with E-state index in [2.05, 4.69) is 36.4 Å². The molecule has 0 bridgehead atoms. The van der Waals surface area contributed by atoms with Crippen LogP contribution in [0.1, 0.15) is 11.1 Å². The van der Waals surface area contributed by atoms with Gasteiger partial charge in [0.1, 0.15) is 11.2 Å². The Balaban J connectivity index is 1.30. The average molecular weight is 567 g/mol. The molecule has 0 fully saturated rings. The zero-order valence-electron chi connectivity index (χ0n) is 23.7. The maximum absolute atomic E-state index is 9.23. The lowest BCUT2D eigenvalue weighted by molar-refractivity contribution is 0.669. The van der Waals surface area contributed by atoms with Crippen LogP contribution in [0.3, 0.4) is 0 Å². The molecule has 5 heteroatoms. The maximum atomic E-state index is 9.23. The van der Waals surface area contributed by atoms with E-state index in [0.717, 1.165) is 66.0 Å². The van der Waals surface area contributed by atoms with Crippen molar-refractivity contribution < 1.29 is 4.42 Å². The molecule has 2 heterocycles. The molecule has 0 atom stereocenters. The Labute approximate surface area is 253 Å². The van der Waals surface area contributed by atoms with Crippen LogP contribution >= 0.6 is 0 Å². The normalized spacial score (nSPS) is 12.2. The third kappa shape index (κ3) is 4.39. The monoisotopic (exact) mass is 566 g/mol. The van der Waals surface area contributed by atoms with Crippen molar-refractivity contribution in [3.8, 4) is 11.1 Å². The van der Waals surface area contributed by atoms with Gasteiger partial charge in [-0.3, -0.25) is 9.98 Å². The quantitative estimate of drug-likeness (QED) is 0.168. The average Bonchev–Trinajstić information content (AvgIpc) is 3.63. The molecule has 2 aromatic heterocycles. The van der Waals surface area contributed by atoms with Gasteiger partial charge < -0.3 is 4.42 Å². The van der Waals surface area contributed by atoms with E-state index in [0.29, 0.717) is 5.84 Å². The first-order valence-electron chi connectivity index (χ1n) is 14.5. The van der Waals surface area contributed by atoms with Crippen molar-refractivity contribution in [1.29, 1.82) is 5.41 Å². The standard InChI is InChI=1S/C39H26N4O/c40-39(43-33-19-9-7-16-30(33)31-17-8-10-20-34(31)43)42-38(41-25-26-12-3-1-4-13-26)28-22-23-32-36(24-28)44-35-21-11-18-29(37(32)35)27-14-5-2-6-15-27/h1-25,40H. The molecule has 208 valence electrons. The van der Waals surface area contributed by atoms with Gasteiger partial charge >= 0.3 is 0 Å². The van der Waals surface area contributed by atoms with Crippen LogP contribution in [0.5, 0.6) is 0 Å². The number of benzene rings is 6. The van der Waals surface area contributed by atoms with Crippen LogP contribution in [0.2, 0.25) is 0 Å². The highest BCUT2D eigenvalue weighted by molar-refractivity contribution is 6.18. The Kier molecular flexibility index (Phi) is 6.20. The van der Waals surface area contributed by atoms with E-state index < -0.39 is 0 Å². The molecule has 0 saturated carbocycles.